The van der Waals surface area contributed by atoms with Crippen LogP contribution in [0, 0.1) is 6.92 Å². The van der Waals surface area contributed by atoms with E-state index in [-0.39, 0.29) is 4.90 Å². The van der Waals surface area contributed by atoms with Gasteiger partial charge in [0.05, 0.1) is 4.90 Å². The van der Waals surface area contributed by atoms with Gasteiger partial charge in [0.15, 0.2) is 0 Å². The van der Waals surface area contributed by atoms with Crippen LogP contribution in [-0.4, -0.2) is 21.0 Å². The maximum Gasteiger partial charge on any atom is 0.124 e. The molecule has 0 fully saturated rings. The Morgan fingerprint density at radius 2 is 1.34 bits per heavy atom. The summed E-state index contributed by atoms with van der Waals surface area (Å²) in [4.78, 5) is -0.0303. The lowest BCUT2D eigenvalue weighted by Crippen LogP contribution is -2.24. The minimum Gasteiger partial charge on any atom is -0.744 e. The molecule has 0 spiro atoms. The number of benzene rings is 1. The van der Waals surface area contributed by atoms with Gasteiger partial charge in [0.1, 0.15) is 10.1 Å². The molecule has 168 valence electrons. The Balaban J connectivity index is 2.25. The predicted molar refractivity (Wildman–Crippen MR) is 126 cm³/mol. The summed E-state index contributed by atoms with van der Waals surface area (Å²) in [5, 5.41) is 0. The Morgan fingerprint density at radius 3 is 1.90 bits per heavy atom. The van der Waals surface area contributed by atoms with Gasteiger partial charge in [0.2, 0.25) is 0 Å². The van der Waals surface area contributed by atoms with Gasteiger partial charge < -0.3 is 4.55 Å². The highest BCUT2D eigenvalue weighted by molar-refractivity contribution is 7.85. The van der Waals surface area contributed by atoms with Gasteiger partial charge in [-0.25, -0.2) is 8.42 Å². The molecule has 5 heteroatoms. The van der Waals surface area contributed by atoms with E-state index in [0.29, 0.717) is 12.0 Å². The number of aryl methyl sites for hydroxylation is 2. The normalized spacial score (nSPS) is 12.4. The molecule has 1 rings (SSSR count). The van der Waals surface area contributed by atoms with Gasteiger partial charge >= 0.3 is 0 Å². The molecule has 0 heterocycles. The van der Waals surface area contributed by atoms with Crippen LogP contribution in [-0.2, 0) is 16.5 Å². The Hall–Kier alpha value is -0.653. The summed E-state index contributed by atoms with van der Waals surface area (Å²) in [6.07, 6.45) is 15.4. The number of unbranched alkanes of at least 4 members (excludes halogenated alkanes) is 9. The van der Waals surface area contributed by atoms with Gasteiger partial charge in [-0.15, -0.1) is 0 Å². The lowest BCUT2D eigenvalue weighted by molar-refractivity contribution is 0.462. The number of rotatable bonds is 16. The van der Waals surface area contributed by atoms with Crippen molar-refractivity contribution in [3.63, 3.8) is 0 Å². The topological polar surface area (TPSA) is 57.2 Å². The second kappa shape index (κ2) is 13.6. The molecule has 3 nitrogen and oxygen atoms in total. The van der Waals surface area contributed by atoms with E-state index >= 15 is 0 Å². The fraction of sp³-hybridized carbons (Fsp3) is 0.750. The Morgan fingerprint density at radius 1 is 0.828 bits per heavy atom. The average molecular weight is 440 g/mol. The van der Waals surface area contributed by atoms with Crippen LogP contribution in [0.25, 0.3) is 0 Å². The van der Waals surface area contributed by atoms with Gasteiger partial charge in [0, 0.05) is 8.07 Å². The molecule has 0 aliphatic rings. The molecule has 0 saturated carbocycles. The highest BCUT2D eigenvalue weighted by Crippen LogP contribution is 2.25. The molecule has 0 unspecified atom stereocenters. The average Bonchev–Trinajstić information content (AvgIpc) is 2.62. The van der Waals surface area contributed by atoms with E-state index in [9.17, 15) is 13.0 Å². The second-order valence-electron chi connectivity index (χ2n) is 9.52. The van der Waals surface area contributed by atoms with Crippen molar-refractivity contribution in [3.05, 3.63) is 29.3 Å². The first-order valence-corrected chi connectivity index (χ1v) is 16.5. The van der Waals surface area contributed by atoms with E-state index in [4.69, 9.17) is 0 Å². The molecule has 0 aliphatic carbocycles. The molecule has 0 aromatic heterocycles. The van der Waals surface area contributed by atoms with E-state index < -0.39 is 18.2 Å². The zero-order chi connectivity index (χ0) is 21.8. The maximum atomic E-state index is 11.5. The predicted octanol–water partition coefficient (Wildman–Crippen LogP) is 7.46. The van der Waals surface area contributed by atoms with Crippen molar-refractivity contribution in [1.82, 2.24) is 0 Å². The van der Waals surface area contributed by atoms with Crippen molar-refractivity contribution >= 4 is 18.2 Å². The van der Waals surface area contributed by atoms with Crippen LogP contribution in [0.2, 0.25) is 25.2 Å². The molecule has 0 atom stereocenters. The zero-order valence-corrected chi connectivity index (χ0v) is 21.1. The molecule has 0 radical (unpaired) electrons. The van der Waals surface area contributed by atoms with E-state index in [1.54, 1.807) is 6.07 Å². The second-order valence-corrected chi connectivity index (χ2v) is 16.2. The Bertz CT molecular complexity index is 683. The first-order chi connectivity index (χ1) is 13.7. The summed E-state index contributed by atoms with van der Waals surface area (Å²) >= 11 is 0. The summed E-state index contributed by atoms with van der Waals surface area (Å²) in [6.45, 7) is 9.10. The summed E-state index contributed by atoms with van der Waals surface area (Å²) < 4.78 is 34.5. The van der Waals surface area contributed by atoms with E-state index in [0.717, 1.165) is 12.0 Å². The van der Waals surface area contributed by atoms with Crippen molar-refractivity contribution in [3.8, 4) is 0 Å². The molecular formula is C24H43O3SSi-. The third-order valence-electron chi connectivity index (χ3n) is 5.99. The third-order valence-corrected chi connectivity index (χ3v) is 10.3. The minimum absolute atomic E-state index is 0.0303. The van der Waals surface area contributed by atoms with Crippen LogP contribution in [0.5, 0.6) is 0 Å². The standard InChI is InChI=1S/C24H44O3SSi/c1-5-6-7-8-9-10-11-12-13-14-19-29(3,4)20-15-16-23-21-22(2)17-18-24(23)28(25,26)27/h17-18,21H,5-16,19-20H2,1-4H3,(H,25,26,27)/p-1. The minimum atomic E-state index is -4.39. The lowest BCUT2D eigenvalue weighted by Gasteiger charge is -2.23. The summed E-state index contributed by atoms with van der Waals surface area (Å²) in [5.41, 5.74) is 1.71. The van der Waals surface area contributed by atoms with Gasteiger partial charge in [-0.05, 0) is 25.0 Å². The smallest absolute Gasteiger partial charge is 0.124 e. The molecule has 0 N–H and O–H groups in total. The first kappa shape index (κ1) is 26.4. The largest absolute Gasteiger partial charge is 0.744 e. The van der Waals surface area contributed by atoms with Crippen LogP contribution in [0.1, 0.15) is 88.7 Å². The molecular weight excluding hydrogens is 396 g/mol. The lowest BCUT2D eigenvalue weighted by atomic mass is 10.1. The molecule has 1 aromatic carbocycles. The first-order valence-electron chi connectivity index (χ1n) is 11.7. The molecule has 0 saturated heterocycles. The van der Waals surface area contributed by atoms with E-state index in [2.05, 4.69) is 20.0 Å². The van der Waals surface area contributed by atoms with Crippen molar-refractivity contribution < 1.29 is 13.0 Å². The fourth-order valence-corrected chi connectivity index (χ4v) is 7.43. The van der Waals surface area contributed by atoms with Crippen molar-refractivity contribution in [1.29, 1.82) is 0 Å². The Labute approximate surface area is 181 Å². The molecule has 0 amide bonds. The Kier molecular flexibility index (Phi) is 12.4. The van der Waals surface area contributed by atoms with Gasteiger partial charge in [-0.2, -0.15) is 0 Å². The fourth-order valence-electron chi connectivity index (χ4n) is 4.12. The van der Waals surface area contributed by atoms with Gasteiger partial charge in [-0.3, -0.25) is 0 Å². The monoisotopic (exact) mass is 439 g/mol. The maximum absolute atomic E-state index is 11.5. The number of hydrogen-bond acceptors (Lipinski definition) is 3. The summed E-state index contributed by atoms with van der Waals surface area (Å²) in [5.74, 6) is 0. The van der Waals surface area contributed by atoms with Crippen LogP contribution >= 0.6 is 0 Å². The van der Waals surface area contributed by atoms with Crippen LogP contribution in [0.4, 0.5) is 0 Å². The zero-order valence-electron chi connectivity index (χ0n) is 19.3. The number of hydrogen-bond donors (Lipinski definition) is 0. The molecule has 0 bridgehead atoms. The van der Waals surface area contributed by atoms with E-state index in [1.807, 2.05) is 13.0 Å². The highest BCUT2D eigenvalue weighted by atomic mass is 32.2. The SMILES string of the molecule is CCCCCCCCCCCC[Si](C)(C)CCCc1cc(C)ccc1S(=O)(=O)[O-]. The van der Waals surface area contributed by atoms with Gasteiger partial charge in [-0.1, -0.05) is 120 Å². The van der Waals surface area contributed by atoms with Gasteiger partial charge in [0.25, 0.3) is 0 Å². The summed E-state index contributed by atoms with van der Waals surface area (Å²) in [7, 11) is -5.64. The molecule has 29 heavy (non-hydrogen) atoms. The van der Waals surface area contributed by atoms with E-state index in [1.165, 1.54) is 82.4 Å². The third kappa shape index (κ3) is 11.9. The highest BCUT2D eigenvalue weighted by Gasteiger charge is 2.20. The van der Waals surface area contributed by atoms with Crippen molar-refractivity contribution in [2.45, 2.75) is 121 Å². The quantitative estimate of drug-likeness (QED) is 0.152. The van der Waals surface area contributed by atoms with Crippen molar-refractivity contribution in [2.75, 3.05) is 0 Å². The van der Waals surface area contributed by atoms with Crippen LogP contribution in [0.3, 0.4) is 0 Å². The van der Waals surface area contributed by atoms with Crippen LogP contribution in [0.15, 0.2) is 23.1 Å². The summed E-state index contributed by atoms with van der Waals surface area (Å²) in [6, 6.07) is 7.58. The van der Waals surface area contributed by atoms with Crippen molar-refractivity contribution in [2.24, 2.45) is 0 Å². The molecule has 1 aromatic rings. The molecule has 0 aliphatic heterocycles. The van der Waals surface area contributed by atoms with Crippen LogP contribution < -0.4 is 0 Å².